The van der Waals surface area contributed by atoms with Crippen LogP contribution in [0, 0.1) is 18.3 Å². The minimum Gasteiger partial charge on any atom is -0.494 e. The van der Waals surface area contributed by atoms with Gasteiger partial charge in [-0.2, -0.15) is 15.5 Å². The van der Waals surface area contributed by atoms with Crippen LogP contribution in [-0.4, -0.2) is 106 Å². The quantitative estimate of drug-likeness (QED) is 0.434. The molecule has 38 heavy (non-hydrogen) atoms. The Morgan fingerprint density at radius 3 is 2.66 bits per heavy atom. The number of nitrogens with zero attached hydrogens (tertiary/aromatic N) is 8. The number of halogens is 1. The van der Waals surface area contributed by atoms with Crippen molar-refractivity contribution in [1.29, 1.82) is 5.26 Å². The molecule has 0 aliphatic carbocycles. The number of hydrogen-bond acceptors (Lipinski definition) is 7. The number of methoxy groups -OCH3 is 1. The number of rotatable bonds is 7. The van der Waals surface area contributed by atoms with Gasteiger partial charge >= 0.3 is 0 Å². The van der Waals surface area contributed by atoms with Gasteiger partial charge in [0.05, 0.1) is 38.6 Å². The monoisotopic (exact) mass is 520 g/mol. The molecule has 0 N–H and O–H groups in total. The number of likely N-dealkylation sites (N-methyl/N-ethyl adjacent to an activating group) is 1. The van der Waals surface area contributed by atoms with Gasteiger partial charge in [-0.25, -0.2) is 8.91 Å². The Hall–Kier alpha value is -4.24. The number of aromatic nitrogens is 4. The molecular weight excluding hydrogens is 491 g/mol. The molecule has 0 bridgehead atoms. The highest BCUT2D eigenvalue weighted by molar-refractivity contribution is 5.94. The first-order valence-corrected chi connectivity index (χ1v) is 12.2. The van der Waals surface area contributed by atoms with Crippen molar-refractivity contribution in [2.75, 3.05) is 53.9 Å². The van der Waals surface area contributed by atoms with E-state index >= 15 is 4.39 Å². The van der Waals surface area contributed by atoms with Crippen LogP contribution in [0.2, 0.25) is 0 Å². The molecule has 5 heterocycles. The second-order valence-corrected chi connectivity index (χ2v) is 10.0. The van der Waals surface area contributed by atoms with Crippen LogP contribution >= 0.6 is 0 Å². The van der Waals surface area contributed by atoms with Crippen molar-refractivity contribution in [3.63, 3.8) is 0 Å². The summed E-state index contributed by atoms with van der Waals surface area (Å²) in [5, 5.41) is 18.1. The van der Waals surface area contributed by atoms with E-state index in [1.54, 1.807) is 23.9 Å². The van der Waals surface area contributed by atoms with E-state index < -0.39 is 11.6 Å². The molecule has 2 aliphatic rings. The fraction of sp³-hybridized carbons (Fsp3) is 0.423. The molecule has 12 heteroatoms. The number of nitriles is 1. The highest BCUT2D eigenvalue weighted by Gasteiger charge is 2.55. The van der Waals surface area contributed by atoms with Gasteiger partial charge in [-0.15, -0.1) is 0 Å². The zero-order valence-electron chi connectivity index (χ0n) is 21.8. The summed E-state index contributed by atoms with van der Waals surface area (Å²) in [5.41, 5.74) is 1.54. The number of amides is 2. The number of alkyl halides is 1. The van der Waals surface area contributed by atoms with Crippen molar-refractivity contribution in [3.8, 4) is 22.9 Å². The first-order chi connectivity index (χ1) is 18.1. The maximum atomic E-state index is 15.2. The van der Waals surface area contributed by atoms with Gasteiger partial charge in [0.25, 0.3) is 5.91 Å². The Bertz CT molecular complexity index is 1470. The lowest BCUT2D eigenvalue weighted by atomic mass is 9.92. The third-order valence-corrected chi connectivity index (χ3v) is 7.08. The zero-order chi connectivity index (χ0) is 27.2. The molecule has 2 aliphatic heterocycles. The van der Waals surface area contributed by atoms with Gasteiger partial charge in [0, 0.05) is 48.7 Å². The van der Waals surface area contributed by atoms with Crippen LogP contribution in [0.15, 0.2) is 36.8 Å². The van der Waals surface area contributed by atoms with Gasteiger partial charge in [-0.05, 0) is 27.1 Å². The van der Waals surface area contributed by atoms with E-state index in [9.17, 15) is 14.9 Å². The number of fused-ring (bicyclic) bond motifs is 1. The van der Waals surface area contributed by atoms with Crippen LogP contribution in [0.5, 0.6) is 5.75 Å². The Labute approximate surface area is 219 Å². The average molecular weight is 521 g/mol. The third kappa shape index (κ3) is 4.28. The number of likely N-dealkylation sites (tertiary alicyclic amines) is 2. The van der Waals surface area contributed by atoms with Crippen molar-refractivity contribution in [1.82, 2.24) is 34.1 Å². The van der Waals surface area contributed by atoms with Crippen LogP contribution in [0.3, 0.4) is 0 Å². The molecule has 0 spiro atoms. The number of hydrogen-bond donors (Lipinski definition) is 0. The lowest BCUT2D eigenvalue weighted by molar-refractivity contribution is -0.166. The van der Waals surface area contributed by atoms with Crippen molar-refractivity contribution in [2.24, 2.45) is 0 Å². The maximum absolute atomic E-state index is 15.2. The summed E-state index contributed by atoms with van der Waals surface area (Å²) in [6, 6.07) is 3.88. The van der Waals surface area contributed by atoms with E-state index in [1.165, 1.54) is 22.1 Å². The van der Waals surface area contributed by atoms with Crippen LogP contribution in [-0.2, 0) is 9.59 Å². The summed E-state index contributed by atoms with van der Waals surface area (Å²) in [4.78, 5) is 29.7. The average Bonchev–Trinajstić information content (AvgIpc) is 3.43. The second-order valence-electron chi connectivity index (χ2n) is 10.0. The van der Waals surface area contributed by atoms with Gasteiger partial charge in [0.2, 0.25) is 11.6 Å². The summed E-state index contributed by atoms with van der Waals surface area (Å²) in [7, 11) is 5.32. The van der Waals surface area contributed by atoms with Gasteiger partial charge in [-0.3, -0.25) is 14.3 Å². The fourth-order valence-corrected chi connectivity index (χ4v) is 4.92. The molecule has 5 rings (SSSR count). The summed E-state index contributed by atoms with van der Waals surface area (Å²) in [5.74, 6) is -0.344. The molecule has 2 amide bonds. The topological polar surface area (TPSA) is 112 Å². The SMILES string of the molecule is COc1cc(-c2cnn(C3CN(C(=O)C4(F)CN(C(=O)/C=C/CN(C)C)C4)C3)c2C)cn2ncc(C#N)c12. The molecule has 11 nitrogen and oxygen atoms in total. The minimum atomic E-state index is -2.04. The van der Waals surface area contributed by atoms with Gasteiger partial charge in [0.1, 0.15) is 22.9 Å². The smallest absolute Gasteiger partial charge is 0.264 e. The van der Waals surface area contributed by atoms with E-state index in [0.29, 0.717) is 36.5 Å². The largest absolute Gasteiger partial charge is 0.494 e. The Morgan fingerprint density at radius 1 is 1.26 bits per heavy atom. The predicted molar refractivity (Wildman–Crippen MR) is 136 cm³/mol. The molecule has 3 aromatic heterocycles. The van der Waals surface area contributed by atoms with Gasteiger partial charge in [0.15, 0.2) is 0 Å². The van der Waals surface area contributed by atoms with Crippen molar-refractivity contribution in [3.05, 3.63) is 48.1 Å². The highest BCUT2D eigenvalue weighted by Crippen LogP contribution is 2.35. The summed E-state index contributed by atoms with van der Waals surface area (Å²) in [6.45, 7) is 2.77. The number of ether oxygens (including phenoxy) is 1. The highest BCUT2D eigenvalue weighted by atomic mass is 19.1. The number of carbonyl (C=O) groups excluding carboxylic acids is 2. The van der Waals surface area contributed by atoms with E-state index in [-0.39, 0.29) is 25.0 Å². The summed E-state index contributed by atoms with van der Waals surface area (Å²) >= 11 is 0. The fourth-order valence-electron chi connectivity index (χ4n) is 4.92. The molecule has 2 saturated heterocycles. The molecule has 0 atom stereocenters. The maximum Gasteiger partial charge on any atom is 0.264 e. The molecule has 0 aromatic carbocycles. The van der Waals surface area contributed by atoms with Crippen LogP contribution in [0.25, 0.3) is 16.6 Å². The molecule has 0 radical (unpaired) electrons. The third-order valence-electron chi connectivity index (χ3n) is 7.08. The van der Waals surface area contributed by atoms with E-state index in [0.717, 1.165) is 16.8 Å². The summed E-state index contributed by atoms with van der Waals surface area (Å²) in [6.07, 6.45) is 8.19. The summed E-state index contributed by atoms with van der Waals surface area (Å²) < 4.78 is 24.2. The Balaban J connectivity index is 1.23. The van der Waals surface area contributed by atoms with Gasteiger partial charge in [-0.1, -0.05) is 6.08 Å². The minimum absolute atomic E-state index is 0.0800. The first-order valence-electron chi connectivity index (χ1n) is 12.2. The van der Waals surface area contributed by atoms with E-state index in [2.05, 4.69) is 16.3 Å². The standard InChI is InChI=1S/C26H29FN8O3/c1-17-21(18-8-22(38-4)24-19(9-28)10-29-34(24)12-18)11-30-35(17)20-13-32(14-20)25(37)26(27)15-33(16-26)23(36)6-5-7-31(2)3/h5-6,8,10-12,20H,7,13-16H2,1-4H3/b6-5+. The Morgan fingerprint density at radius 2 is 2.00 bits per heavy atom. The normalized spacial score (nSPS) is 17.1. The zero-order valence-corrected chi connectivity index (χ0v) is 21.8. The number of carbonyl (C=O) groups is 2. The number of pyridine rings is 1. The molecule has 0 saturated carbocycles. The lowest BCUT2D eigenvalue weighted by Gasteiger charge is -2.48. The second kappa shape index (κ2) is 9.57. The molecule has 2 fully saturated rings. The lowest BCUT2D eigenvalue weighted by Crippen LogP contribution is -2.70. The molecule has 3 aromatic rings. The predicted octanol–water partition coefficient (Wildman–Crippen LogP) is 1.44. The molecular formula is C26H29FN8O3. The van der Waals surface area contributed by atoms with E-state index in [4.69, 9.17) is 4.74 Å². The van der Waals surface area contributed by atoms with Crippen molar-refractivity contribution in [2.45, 2.75) is 18.6 Å². The van der Waals surface area contributed by atoms with Crippen LogP contribution in [0.4, 0.5) is 4.39 Å². The molecule has 198 valence electrons. The van der Waals surface area contributed by atoms with Crippen molar-refractivity contribution < 1.29 is 18.7 Å². The van der Waals surface area contributed by atoms with Gasteiger partial charge < -0.3 is 19.4 Å². The first kappa shape index (κ1) is 25.4. The van der Waals surface area contributed by atoms with Crippen LogP contribution < -0.4 is 4.74 Å². The molecule has 0 unspecified atom stereocenters. The van der Waals surface area contributed by atoms with E-state index in [1.807, 2.05) is 42.9 Å². The van der Waals surface area contributed by atoms with Crippen molar-refractivity contribution >= 4 is 17.3 Å². The Kier molecular flexibility index (Phi) is 6.40. The van der Waals surface area contributed by atoms with Crippen LogP contribution in [0.1, 0.15) is 17.3 Å².